The first-order valence-corrected chi connectivity index (χ1v) is 10.2. The number of hydrogen-bond donors (Lipinski definition) is 1. The molecule has 3 rings (SSSR count). The van der Waals surface area contributed by atoms with E-state index in [2.05, 4.69) is 10.5 Å². The first-order chi connectivity index (χ1) is 15.4. The Morgan fingerprint density at radius 1 is 1.03 bits per heavy atom. The number of nitrogens with one attached hydrogen (secondary N) is 1. The van der Waals surface area contributed by atoms with E-state index in [0.29, 0.717) is 22.9 Å². The van der Waals surface area contributed by atoms with Gasteiger partial charge in [-0.1, -0.05) is 23.2 Å². The monoisotopic (exact) mass is 474 g/mol. The minimum Gasteiger partial charge on any atom is -0.490 e. The molecule has 0 atom stereocenters. The summed E-state index contributed by atoms with van der Waals surface area (Å²) in [6.07, 6.45) is 1.39. The highest BCUT2D eigenvalue weighted by Gasteiger charge is 2.16. The first kappa shape index (κ1) is 23.2. The molecule has 0 aliphatic carbocycles. The molecule has 3 aromatic carbocycles. The maximum atomic E-state index is 13.0. The quantitative estimate of drug-likeness (QED) is 0.212. The number of ether oxygens (including phenoxy) is 2. The van der Waals surface area contributed by atoms with Gasteiger partial charge in [0.15, 0.2) is 11.5 Å². The number of halogens is 3. The molecule has 1 amide bonds. The van der Waals surface area contributed by atoms with Crippen LogP contribution in [0.1, 0.15) is 33.2 Å². The summed E-state index contributed by atoms with van der Waals surface area (Å²) in [5, 5.41) is 4.46. The SMILES string of the molecule is CCOc1cc(C=NNC(=O)c2ccc(F)cc2)ccc1OC(=O)c1ccc(Cl)cc1Cl. The van der Waals surface area contributed by atoms with Gasteiger partial charge in [-0.15, -0.1) is 0 Å². The molecule has 6 nitrogen and oxygen atoms in total. The van der Waals surface area contributed by atoms with Gasteiger partial charge in [0.2, 0.25) is 0 Å². The summed E-state index contributed by atoms with van der Waals surface area (Å²) in [6, 6.07) is 14.3. The average molecular weight is 475 g/mol. The van der Waals surface area contributed by atoms with Crippen LogP contribution in [0.25, 0.3) is 0 Å². The molecule has 0 fully saturated rings. The van der Waals surface area contributed by atoms with Crippen LogP contribution in [0.4, 0.5) is 4.39 Å². The Kier molecular flexibility index (Phi) is 7.81. The predicted octanol–water partition coefficient (Wildman–Crippen LogP) is 5.51. The molecule has 9 heteroatoms. The standard InChI is InChI=1S/C23H17Cl2FN2O4/c1-2-31-21-11-14(13-27-28-22(29)15-4-7-17(26)8-5-15)3-10-20(21)32-23(30)18-9-6-16(24)12-19(18)25/h3-13H,2H2,1H3,(H,28,29). The Morgan fingerprint density at radius 2 is 1.78 bits per heavy atom. The lowest BCUT2D eigenvalue weighted by Crippen LogP contribution is -2.17. The van der Waals surface area contributed by atoms with Crippen LogP contribution >= 0.6 is 23.2 Å². The second-order valence-electron chi connectivity index (χ2n) is 6.36. The fourth-order valence-corrected chi connectivity index (χ4v) is 3.08. The minimum atomic E-state index is -0.666. The molecule has 0 aromatic heterocycles. The molecule has 0 spiro atoms. The van der Waals surface area contributed by atoms with Crippen molar-refractivity contribution in [1.82, 2.24) is 5.43 Å². The zero-order valence-electron chi connectivity index (χ0n) is 16.8. The van der Waals surface area contributed by atoms with Gasteiger partial charge >= 0.3 is 5.97 Å². The maximum Gasteiger partial charge on any atom is 0.345 e. The number of carbonyl (C=O) groups is 2. The highest BCUT2D eigenvalue weighted by molar-refractivity contribution is 6.36. The normalized spacial score (nSPS) is 10.8. The number of nitrogens with zero attached hydrogens (tertiary/aromatic N) is 1. The van der Waals surface area contributed by atoms with Crippen molar-refractivity contribution in [3.8, 4) is 11.5 Å². The maximum absolute atomic E-state index is 13.0. The summed E-state index contributed by atoms with van der Waals surface area (Å²) in [6.45, 7) is 2.11. The van der Waals surface area contributed by atoms with E-state index in [4.69, 9.17) is 32.7 Å². The van der Waals surface area contributed by atoms with E-state index >= 15 is 0 Å². The fourth-order valence-electron chi connectivity index (χ4n) is 2.60. The zero-order chi connectivity index (χ0) is 23.1. The van der Waals surface area contributed by atoms with Crippen LogP contribution in [0.3, 0.4) is 0 Å². The van der Waals surface area contributed by atoms with E-state index in [1.807, 2.05) is 0 Å². The first-order valence-electron chi connectivity index (χ1n) is 9.40. The van der Waals surface area contributed by atoms with Gasteiger partial charge in [0.05, 0.1) is 23.4 Å². The largest absolute Gasteiger partial charge is 0.490 e. The van der Waals surface area contributed by atoms with Crippen molar-refractivity contribution >= 4 is 41.3 Å². The molecule has 164 valence electrons. The van der Waals surface area contributed by atoms with Crippen molar-refractivity contribution in [3.63, 3.8) is 0 Å². The summed E-state index contributed by atoms with van der Waals surface area (Å²) in [4.78, 5) is 24.5. The summed E-state index contributed by atoms with van der Waals surface area (Å²) in [7, 11) is 0. The third-order valence-corrected chi connectivity index (χ3v) is 4.66. The van der Waals surface area contributed by atoms with Gasteiger partial charge in [0, 0.05) is 10.6 Å². The lowest BCUT2D eigenvalue weighted by molar-refractivity contribution is 0.0728. The molecular weight excluding hydrogens is 458 g/mol. The number of benzene rings is 3. The van der Waals surface area contributed by atoms with Crippen molar-refractivity contribution in [2.24, 2.45) is 5.10 Å². The number of rotatable bonds is 7. The van der Waals surface area contributed by atoms with Crippen LogP contribution in [-0.4, -0.2) is 24.7 Å². The Morgan fingerprint density at radius 3 is 2.47 bits per heavy atom. The Bertz CT molecular complexity index is 1170. The molecule has 32 heavy (non-hydrogen) atoms. The van der Waals surface area contributed by atoms with Crippen molar-refractivity contribution in [3.05, 3.63) is 93.2 Å². The van der Waals surface area contributed by atoms with Gasteiger partial charge in [-0.25, -0.2) is 14.6 Å². The van der Waals surface area contributed by atoms with E-state index in [0.717, 1.165) is 0 Å². The Labute approximate surface area is 193 Å². The molecular formula is C23H17Cl2FN2O4. The van der Waals surface area contributed by atoms with Crippen molar-refractivity contribution in [2.75, 3.05) is 6.61 Å². The Balaban J connectivity index is 1.72. The van der Waals surface area contributed by atoms with Crippen LogP contribution in [-0.2, 0) is 0 Å². The number of esters is 1. The molecule has 0 saturated heterocycles. The fraction of sp³-hybridized carbons (Fsp3) is 0.0870. The van der Waals surface area contributed by atoms with Gasteiger partial charge in [-0.3, -0.25) is 4.79 Å². The highest BCUT2D eigenvalue weighted by Crippen LogP contribution is 2.30. The van der Waals surface area contributed by atoms with E-state index in [9.17, 15) is 14.0 Å². The van der Waals surface area contributed by atoms with Crippen molar-refractivity contribution < 1.29 is 23.5 Å². The number of hydrazone groups is 1. The van der Waals surface area contributed by atoms with Crippen molar-refractivity contribution in [1.29, 1.82) is 0 Å². The number of carbonyl (C=O) groups excluding carboxylic acids is 2. The molecule has 0 aliphatic rings. The topological polar surface area (TPSA) is 77.0 Å². The zero-order valence-corrected chi connectivity index (χ0v) is 18.3. The predicted molar refractivity (Wildman–Crippen MR) is 120 cm³/mol. The Hall–Kier alpha value is -3.42. The summed E-state index contributed by atoms with van der Waals surface area (Å²) in [5.74, 6) is -1.10. The average Bonchev–Trinajstić information content (AvgIpc) is 2.76. The second-order valence-corrected chi connectivity index (χ2v) is 7.20. The van der Waals surface area contributed by atoms with Gasteiger partial charge in [-0.05, 0) is 73.2 Å². The molecule has 3 aromatic rings. The minimum absolute atomic E-state index is 0.160. The second kappa shape index (κ2) is 10.7. The van der Waals surface area contributed by atoms with Crippen LogP contribution in [0, 0.1) is 5.82 Å². The number of hydrogen-bond acceptors (Lipinski definition) is 5. The van der Waals surface area contributed by atoms with E-state index in [1.165, 1.54) is 54.7 Å². The van der Waals surface area contributed by atoms with Crippen LogP contribution in [0.2, 0.25) is 10.0 Å². The third kappa shape index (κ3) is 6.06. The van der Waals surface area contributed by atoms with Crippen molar-refractivity contribution in [2.45, 2.75) is 6.92 Å². The molecule has 0 bridgehead atoms. The van der Waals surface area contributed by atoms with Gasteiger partial charge in [0.25, 0.3) is 5.91 Å². The number of amides is 1. The van der Waals surface area contributed by atoms with E-state index in [-0.39, 0.29) is 21.9 Å². The molecule has 0 radical (unpaired) electrons. The van der Waals surface area contributed by atoms with Crippen LogP contribution < -0.4 is 14.9 Å². The molecule has 0 saturated carbocycles. The molecule has 1 N–H and O–H groups in total. The van der Waals surface area contributed by atoms with Gasteiger partial charge in [-0.2, -0.15) is 5.10 Å². The third-order valence-electron chi connectivity index (χ3n) is 4.11. The molecule has 0 unspecified atom stereocenters. The van der Waals surface area contributed by atoms with E-state index in [1.54, 1.807) is 19.1 Å². The molecule has 0 heterocycles. The highest BCUT2D eigenvalue weighted by atomic mass is 35.5. The van der Waals surface area contributed by atoms with Gasteiger partial charge in [0.1, 0.15) is 5.82 Å². The smallest absolute Gasteiger partial charge is 0.345 e. The summed E-state index contributed by atoms with van der Waals surface area (Å²) >= 11 is 11.9. The lowest BCUT2D eigenvalue weighted by Gasteiger charge is -2.12. The summed E-state index contributed by atoms with van der Waals surface area (Å²) in [5.41, 5.74) is 3.36. The summed E-state index contributed by atoms with van der Waals surface area (Å²) < 4.78 is 23.9. The van der Waals surface area contributed by atoms with Crippen LogP contribution in [0.5, 0.6) is 11.5 Å². The molecule has 0 aliphatic heterocycles. The van der Waals surface area contributed by atoms with Gasteiger partial charge < -0.3 is 9.47 Å². The van der Waals surface area contributed by atoms with Crippen LogP contribution in [0.15, 0.2) is 65.8 Å². The van der Waals surface area contributed by atoms with E-state index < -0.39 is 17.7 Å². The lowest BCUT2D eigenvalue weighted by atomic mass is 10.2.